The van der Waals surface area contributed by atoms with Crippen LogP contribution in [0.25, 0.3) is 0 Å². The second kappa shape index (κ2) is 7.20. The van der Waals surface area contributed by atoms with Crippen LogP contribution in [-0.4, -0.2) is 12.7 Å². The van der Waals surface area contributed by atoms with E-state index < -0.39 is 23.9 Å². The zero-order valence-corrected chi connectivity index (χ0v) is 10.6. The number of ether oxygens (including phenoxy) is 1. The van der Waals surface area contributed by atoms with Crippen molar-refractivity contribution in [3.8, 4) is 0 Å². The fourth-order valence-corrected chi connectivity index (χ4v) is 1.52. The van der Waals surface area contributed by atoms with Crippen molar-refractivity contribution >= 4 is 18.5 Å². The summed E-state index contributed by atoms with van der Waals surface area (Å²) < 4.78 is 42.5. The molecule has 0 aliphatic carbocycles. The lowest BCUT2D eigenvalue weighted by Gasteiger charge is -2.17. The average Bonchev–Trinajstić information content (AvgIpc) is 2.27. The number of nitrogens with two attached hydrogens (primary N) is 2. The molecule has 0 unspecified atom stereocenters. The number of carbonyl (C=O) groups excluding carboxylic acids is 1. The van der Waals surface area contributed by atoms with Gasteiger partial charge in [0.05, 0.1) is 12.2 Å². The lowest BCUT2D eigenvalue weighted by Crippen LogP contribution is -2.21. The Bertz CT molecular complexity index is 427. The lowest BCUT2D eigenvalue weighted by molar-refractivity contribution is -0.138. The number of rotatable bonds is 4. The van der Waals surface area contributed by atoms with Crippen LogP contribution in [0.2, 0.25) is 0 Å². The first-order valence-corrected chi connectivity index (χ1v) is 5.16. The number of amides is 1. The third-order valence-electron chi connectivity index (χ3n) is 2.34. The second-order valence-electron chi connectivity index (χ2n) is 3.65. The van der Waals surface area contributed by atoms with Crippen LogP contribution in [0.5, 0.6) is 0 Å². The standard InChI is InChI=1S/C11H13F3N2O2.ClH/c12-11(13,14)8-4-2-1-3-7(8)9(15)5-6-18-10(16)17;/h1-4,9H,5-6,15H2,(H2,16,17);1H/t9-;/m0./s1. The van der Waals surface area contributed by atoms with Crippen molar-refractivity contribution in [2.45, 2.75) is 18.6 Å². The summed E-state index contributed by atoms with van der Waals surface area (Å²) in [5.41, 5.74) is 9.57. The topological polar surface area (TPSA) is 78.3 Å². The molecule has 0 fully saturated rings. The Morgan fingerprint density at radius 2 is 1.89 bits per heavy atom. The highest BCUT2D eigenvalue weighted by Crippen LogP contribution is 2.34. The zero-order chi connectivity index (χ0) is 13.8. The highest BCUT2D eigenvalue weighted by Gasteiger charge is 2.34. The maximum Gasteiger partial charge on any atom is 0.416 e. The molecule has 0 aromatic heterocycles. The summed E-state index contributed by atoms with van der Waals surface area (Å²) in [6.07, 6.45) is -5.37. The molecule has 1 aromatic carbocycles. The van der Waals surface area contributed by atoms with E-state index in [4.69, 9.17) is 11.5 Å². The molecule has 4 N–H and O–H groups in total. The van der Waals surface area contributed by atoms with Crippen LogP contribution in [0.4, 0.5) is 18.0 Å². The van der Waals surface area contributed by atoms with E-state index in [2.05, 4.69) is 4.74 Å². The second-order valence-corrected chi connectivity index (χ2v) is 3.65. The molecule has 1 amide bonds. The molecule has 108 valence electrons. The van der Waals surface area contributed by atoms with Gasteiger partial charge in [-0.3, -0.25) is 0 Å². The van der Waals surface area contributed by atoms with Crippen molar-refractivity contribution in [2.24, 2.45) is 11.5 Å². The summed E-state index contributed by atoms with van der Waals surface area (Å²) in [6, 6.07) is 4.16. The normalized spacial score (nSPS) is 12.4. The first-order valence-electron chi connectivity index (χ1n) is 5.16. The summed E-state index contributed by atoms with van der Waals surface area (Å²) in [5.74, 6) is 0. The first-order chi connectivity index (χ1) is 8.32. The van der Waals surface area contributed by atoms with Crippen molar-refractivity contribution in [3.05, 3.63) is 35.4 Å². The largest absolute Gasteiger partial charge is 0.450 e. The van der Waals surface area contributed by atoms with Crippen LogP contribution >= 0.6 is 12.4 Å². The van der Waals surface area contributed by atoms with E-state index in [1.807, 2.05) is 0 Å². The lowest BCUT2D eigenvalue weighted by atomic mass is 9.98. The molecule has 0 spiro atoms. The van der Waals surface area contributed by atoms with E-state index in [1.54, 1.807) is 0 Å². The summed E-state index contributed by atoms with van der Waals surface area (Å²) in [4.78, 5) is 10.3. The van der Waals surface area contributed by atoms with Crippen molar-refractivity contribution in [3.63, 3.8) is 0 Å². The number of carbonyl (C=O) groups is 1. The predicted octanol–water partition coefficient (Wildman–Crippen LogP) is 2.61. The van der Waals surface area contributed by atoms with Gasteiger partial charge in [-0.1, -0.05) is 18.2 Å². The third-order valence-corrected chi connectivity index (χ3v) is 2.34. The number of alkyl halides is 3. The molecular weight excluding hydrogens is 285 g/mol. The van der Waals surface area contributed by atoms with Crippen molar-refractivity contribution in [1.29, 1.82) is 0 Å². The molecule has 8 heteroatoms. The molecular formula is C11H14ClF3N2O2. The minimum absolute atomic E-state index is 0. The summed E-state index contributed by atoms with van der Waals surface area (Å²) in [7, 11) is 0. The fraction of sp³-hybridized carbons (Fsp3) is 0.364. The molecule has 0 saturated heterocycles. The number of hydrogen-bond donors (Lipinski definition) is 2. The van der Waals surface area contributed by atoms with Gasteiger partial charge >= 0.3 is 12.3 Å². The van der Waals surface area contributed by atoms with Crippen LogP contribution in [0.3, 0.4) is 0 Å². The van der Waals surface area contributed by atoms with Gasteiger partial charge in [0, 0.05) is 12.5 Å². The Kier molecular flexibility index (Phi) is 6.64. The quantitative estimate of drug-likeness (QED) is 0.897. The highest BCUT2D eigenvalue weighted by atomic mass is 35.5. The molecule has 0 heterocycles. The SMILES string of the molecule is Cl.NC(=O)OCC[C@H](N)c1ccccc1C(F)(F)F. The van der Waals surface area contributed by atoms with Crippen molar-refractivity contribution in [1.82, 2.24) is 0 Å². The molecule has 4 nitrogen and oxygen atoms in total. The van der Waals surface area contributed by atoms with Gasteiger partial charge in [0.25, 0.3) is 0 Å². The maximum absolute atomic E-state index is 12.7. The molecule has 0 aliphatic rings. The number of benzene rings is 1. The third kappa shape index (κ3) is 5.35. The van der Waals surface area contributed by atoms with Gasteiger partial charge in [0.1, 0.15) is 0 Å². The Labute approximate surface area is 114 Å². The Balaban J connectivity index is 0.00000324. The molecule has 0 radical (unpaired) electrons. The molecule has 0 saturated carbocycles. The summed E-state index contributed by atoms with van der Waals surface area (Å²) in [5, 5.41) is 0. The van der Waals surface area contributed by atoms with Crippen molar-refractivity contribution < 1.29 is 22.7 Å². The zero-order valence-electron chi connectivity index (χ0n) is 9.81. The fourth-order valence-electron chi connectivity index (χ4n) is 1.52. The number of primary amides is 1. The molecule has 0 bridgehead atoms. The van der Waals surface area contributed by atoms with Gasteiger partial charge in [-0.15, -0.1) is 12.4 Å². The van der Waals surface area contributed by atoms with Gasteiger partial charge in [0.2, 0.25) is 0 Å². The predicted molar refractivity (Wildman–Crippen MR) is 65.8 cm³/mol. The van der Waals surface area contributed by atoms with Gasteiger partial charge in [-0.25, -0.2) is 4.79 Å². The van der Waals surface area contributed by atoms with Crippen molar-refractivity contribution in [2.75, 3.05) is 6.61 Å². The van der Waals surface area contributed by atoms with Gasteiger partial charge in [-0.2, -0.15) is 13.2 Å². The van der Waals surface area contributed by atoms with Crippen LogP contribution < -0.4 is 11.5 Å². The Morgan fingerprint density at radius 1 is 1.32 bits per heavy atom. The van der Waals surface area contributed by atoms with E-state index >= 15 is 0 Å². The summed E-state index contributed by atoms with van der Waals surface area (Å²) >= 11 is 0. The van der Waals surface area contributed by atoms with Gasteiger partial charge < -0.3 is 16.2 Å². The molecule has 1 atom stereocenters. The minimum Gasteiger partial charge on any atom is -0.450 e. The van der Waals surface area contributed by atoms with E-state index in [1.165, 1.54) is 18.2 Å². The number of hydrogen-bond acceptors (Lipinski definition) is 3. The van der Waals surface area contributed by atoms with Crippen LogP contribution in [0, 0.1) is 0 Å². The van der Waals surface area contributed by atoms with E-state index in [0.29, 0.717) is 0 Å². The highest BCUT2D eigenvalue weighted by molar-refractivity contribution is 5.85. The Hall–Kier alpha value is -1.47. The van der Waals surface area contributed by atoms with E-state index in [9.17, 15) is 18.0 Å². The first kappa shape index (κ1) is 17.5. The summed E-state index contributed by atoms with van der Waals surface area (Å²) in [6.45, 7) is -0.122. The van der Waals surface area contributed by atoms with Crippen LogP contribution in [0.1, 0.15) is 23.6 Å². The monoisotopic (exact) mass is 298 g/mol. The van der Waals surface area contributed by atoms with Crippen LogP contribution in [-0.2, 0) is 10.9 Å². The minimum atomic E-state index is -4.46. The van der Waals surface area contributed by atoms with Crippen LogP contribution in [0.15, 0.2) is 24.3 Å². The molecule has 0 aliphatic heterocycles. The van der Waals surface area contributed by atoms with Gasteiger partial charge in [-0.05, 0) is 11.6 Å². The number of halogens is 4. The Morgan fingerprint density at radius 3 is 2.42 bits per heavy atom. The average molecular weight is 299 g/mol. The van der Waals surface area contributed by atoms with E-state index in [0.717, 1.165) is 6.07 Å². The van der Waals surface area contributed by atoms with Gasteiger partial charge in [0.15, 0.2) is 0 Å². The van der Waals surface area contributed by atoms with E-state index in [-0.39, 0.29) is 31.0 Å². The smallest absolute Gasteiger partial charge is 0.416 e. The molecule has 19 heavy (non-hydrogen) atoms. The maximum atomic E-state index is 12.7. The molecule has 1 rings (SSSR count). The molecule has 1 aromatic rings.